The lowest BCUT2D eigenvalue weighted by atomic mass is 10.1. The summed E-state index contributed by atoms with van der Waals surface area (Å²) in [5.41, 5.74) is 1.76. The number of fused-ring (bicyclic) bond motifs is 1. The molecule has 140 valence electrons. The first-order chi connectivity index (χ1) is 13.5. The average molecular weight is 394 g/mol. The lowest BCUT2D eigenvalue weighted by molar-refractivity contribution is -0.117. The minimum atomic E-state index is -0.438. The molecule has 8 heteroatoms. The smallest absolute Gasteiger partial charge is 0.294 e. The second-order valence-electron chi connectivity index (χ2n) is 6.14. The van der Waals surface area contributed by atoms with E-state index in [1.807, 2.05) is 37.3 Å². The molecule has 0 unspecified atom stereocenters. The highest BCUT2D eigenvalue weighted by Gasteiger charge is 2.17. The van der Waals surface area contributed by atoms with E-state index in [-0.39, 0.29) is 6.54 Å². The number of thiazole rings is 1. The second kappa shape index (κ2) is 7.32. The van der Waals surface area contributed by atoms with Gasteiger partial charge in [0.05, 0.1) is 9.71 Å². The molecular weight excluding hydrogens is 379 g/mol. The number of carbonyl (C=O) groups excluding carboxylic acids is 1. The van der Waals surface area contributed by atoms with E-state index < -0.39 is 17.3 Å². The van der Waals surface area contributed by atoms with Crippen LogP contribution >= 0.6 is 11.3 Å². The molecule has 0 radical (unpaired) electrons. The van der Waals surface area contributed by atoms with Gasteiger partial charge in [-0.2, -0.15) is 5.10 Å². The fourth-order valence-electron chi connectivity index (χ4n) is 2.83. The third-order valence-corrected chi connectivity index (χ3v) is 5.05. The summed E-state index contributed by atoms with van der Waals surface area (Å²) in [6.45, 7) is 1.55. The molecule has 0 bridgehead atoms. The molecule has 0 fully saturated rings. The zero-order valence-electron chi connectivity index (χ0n) is 14.8. The molecule has 0 saturated heterocycles. The molecular formula is C20H15FN4O2S. The van der Waals surface area contributed by atoms with Crippen molar-refractivity contribution in [1.82, 2.24) is 14.8 Å². The Morgan fingerprint density at radius 3 is 2.57 bits per heavy atom. The fraction of sp³-hybridized carbons (Fsp3) is 0.100. The molecule has 28 heavy (non-hydrogen) atoms. The molecule has 2 heterocycles. The predicted octanol–water partition coefficient (Wildman–Crippen LogP) is 3.61. The van der Waals surface area contributed by atoms with E-state index in [4.69, 9.17) is 0 Å². The monoisotopic (exact) mass is 394 g/mol. The molecule has 0 saturated carbocycles. The van der Waals surface area contributed by atoms with Gasteiger partial charge in [-0.3, -0.25) is 9.59 Å². The van der Waals surface area contributed by atoms with Crippen LogP contribution in [0.2, 0.25) is 0 Å². The van der Waals surface area contributed by atoms with E-state index in [1.54, 1.807) is 0 Å². The number of hydrogen-bond acceptors (Lipinski definition) is 5. The zero-order chi connectivity index (χ0) is 19.7. The van der Waals surface area contributed by atoms with E-state index in [0.29, 0.717) is 21.6 Å². The van der Waals surface area contributed by atoms with Crippen molar-refractivity contribution in [2.45, 2.75) is 13.5 Å². The number of halogens is 1. The highest BCUT2D eigenvalue weighted by atomic mass is 32.1. The van der Waals surface area contributed by atoms with Crippen molar-refractivity contribution in [3.8, 4) is 11.3 Å². The number of aryl methyl sites for hydroxylation is 1. The van der Waals surface area contributed by atoms with Crippen LogP contribution in [-0.2, 0) is 11.3 Å². The van der Waals surface area contributed by atoms with Gasteiger partial charge in [-0.25, -0.2) is 14.1 Å². The Balaban J connectivity index is 1.72. The number of amides is 1. The predicted molar refractivity (Wildman–Crippen MR) is 107 cm³/mol. The van der Waals surface area contributed by atoms with Crippen LogP contribution in [0, 0.1) is 12.7 Å². The minimum Gasteiger partial charge on any atom is -0.324 e. The summed E-state index contributed by atoms with van der Waals surface area (Å²) >= 11 is 1.40. The maximum atomic E-state index is 13.0. The Morgan fingerprint density at radius 1 is 1.14 bits per heavy atom. The van der Waals surface area contributed by atoms with Gasteiger partial charge in [-0.05, 0) is 31.2 Å². The number of carbonyl (C=O) groups is 1. The van der Waals surface area contributed by atoms with Crippen molar-refractivity contribution >= 4 is 33.1 Å². The summed E-state index contributed by atoms with van der Waals surface area (Å²) in [4.78, 5) is 29.5. The van der Waals surface area contributed by atoms with Crippen LogP contribution < -0.4 is 10.9 Å². The Labute approximate surface area is 163 Å². The SMILES string of the molecule is Cc1nc2c(=O)n(CC(=O)Nc3ccc(F)cc3)nc(-c3ccccc3)c2s1. The van der Waals surface area contributed by atoms with Crippen LogP contribution in [0.3, 0.4) is 0 Å². The van der Waals surface area contributed by atoms with Crippen molar-refractivity contribution < 1.29 is 9.18 Å². The molecule has 0 aliphatic rings. The van der Waals surface area contributed by atoms with Crippen LogP contribution in [0.5, 0.6) is 0 Å². The first kappa shape index (κ1) is 18.0. The summed E-state index contributed by atoms with van der Waals surface area (Å²) in [6.07, 6.45) is 0. The van der Waals surface area contributed by atoms with Gasteiger partial charge in [0.1, 0.15) is 18.1 Å². The summed E-state index contributed by atoms with van der Waals surface area (Å²) in [7, 11) is 0. The molecule has 4 rings (SSSR count). The van der Waals surface area contributed by atoms with Gasteiger partial charge in [0.15, 0.2) is 5.52 Å². The number of nitrogens with zero attached hydrogens (tertiary/aromatic N) is 3. The maximum Gasteiger partial charge on any atom is 0.294 e. The Hall–Kier alpha value is -3.39. The van der Waals surface area contributed by atoms with E-state index in [0.717, 1.165) is 15.3 Å². The highest BCUT2D eigenvalue weighted by molar-refractivity contribution is 7.19. The van der Waals surface area contributed by atoms with Crippen LogP contribution in [-0.4, -0.2) is 20.7 Å². The van der Waals surface area contributed by atoms with Crippen molar-refractivity contribution in [3.63, 3.8) is 0 Å². The number of rotatable bonds is 4. The summed E-state index contributed by atoms with van der Waals surface area (Å²) < 4.78 is 14.8. The van der Waals surface area contributed by atoms with Crippen LogP contribution in [0.1, 0.15) is 5.01 Å². The van der Waals surface area contributed by atoms with E-state index >= 15 is 0 Å². The van der Waals surface area contributed by atoms with Crippen molar-refractivity contribution in [1.29, 1.82) is 0 Å². The van der Waals surface area contributed by atoms with Crippen LogP contribution in [0.25, 0.3) is 21.5 Å². The van der Waals surface area contributed by atoms with Gasteiger partial charge in [0, 0.05) is 11.3 Å². The second-order valence-corrected chi connectivity index (χ2v) is 7.35. The standard InChI is InChI=1S/C20H15FN4O2S/c1-12-22-18-19(28-12)17(13-5-3-2-4-6-13)24-25(20(18)27)11-16(26)23-15-9-7-14(21)8-10-15/h2-10H,11H2,1H3,(H,23,26). The number of anilines is 1. The van der Waals surface area contributed by atoms with Gasteiger partial charge in [-0.1, -0.05) is 30.3 Å². The topological polar surface area (TPSA) is 76.9 Å². The van der Waals surface area contributed by atoms with Crippen LogP contribution in [0.15, 0.2) is 59.4 Å². The first-order valence-corrected chi connectivity index (χ1v) is 9.32. The third kappa shape index (κ3) is 3.54. The van der Waals surface area contributed by atoms with Gasteiger partial charge in [0.25, 0.3) is 5.56 Å². The first-order valence-electron chi connectivity index (χ1n) is 8.50. The molecule has 0 aliphatic carbocycles. The average Bonchev–Trinajstić information content (AvgIpc) is 3.08. The van der Waals surface area contributed by atoms with Crippen molar-refractivity contribution in [2.24, 2.45) is 0 Å². The highest BCUT2D eigenvalue weighted by Crippen LogP contribution is 2.29. The molecule has 1 N–H and O–H groups in total. The summed E-state index contributed by atoms with van der Waals surface area (Å²) in [5, 5.41) is 7.82. The molecule has 4 aromatic rings. The summed E-state index contributed by atoms with van der Waals surface area (Å²) in [6, 6.07) is 14.8. The minimum absolute atomic E-state index is 0.275. The van der Waals surface area contributed by atoms with E-state index in [2.05, 4.69) is 15.4 Å². The quantitative estimate of drug-likeness (QED) is 0.574. The lowest BCUT2D eigenvalue weighted by Gasteiger charge is -2.09. The van der Waals surface area contributed by atoms with Crippen molar-refractivity contribution in [2.75, 3.05) is 5.32 Å². The zero-order valence-corrected chi connectivity index (χ0v) is 15.7. The molecule has 6 nitrogen and oxygen atoms in total. The Morgan fingerprint density at radius 2 is 1.86 bits per heavy atom. The van der Waals surface area contributed by atoms with Gasteiger partial charge in [0.2, 0.25) is 5.91 Å². The number of aromatic nitrogens is 3. The maximum absolute atomic E-state index is 13.0. The number of hydrogen-bond donors (Lipinski definition) is 1. The Bertz CT molecular complexity index is 1220. The number of benzene rings is 2. The van der Waals surface area contributed by atoms with Gasteiger partial charge >= 0.3 is 0 Å². The Kier molecular flexibility index (Phi) is 4.70. The molecule has 2 aromatic heterocycles. The molecule has 0 atom stereocenters. The normalized spacial score (nSPS) is 10.9. The van der Waals surface area contributed by atoms with E-state index in [9.17, 15) is 14.0 Å². The third-order valence-electron chi connectivity index (χ3n) is 4.08. The molecule has 1 amide bonds. The van der Waals surface area contributed by atoms with Gasteiger partial charge in [-0.15, -0.1) is 11.3 Å². The fourth-order valence-corrected chi connectivity index (χ4v) is 3.75. The van der Waals surface area contributed by atoms with Crippen LogP contribution in [0.4, 0.5) is 10.1 Å². The lowest BCUT2D eigenvalue weighted by Crippen LogP contribution is -2.30. The molecule has 0 aliphatic heterocycles. The van der Waals surface area contributed by atoms with Gasteiger partial charge < -0.3 is 5.32 Å². The molecule has 0 spiro atoms. The summed E-state index contributed by atoms with van der Waals surface area (Å²) in [5.74, 6) is -0.834. The molecule has 2 aromatic carbocycles. The van der Waals surface area contributed by atoms with Crippen molar-refractivity contribution in [3.05, 3.63) is 75.8 Å². The largest absolute Gasteiger partial charge is 0.324 e. The van der Waals surface area contributed by atoms with E-state index in [1.165, 1.54) is 35.6 Å². The number of nitrogens with one attached hydrogen (secondary N) is 1.